The van der Waals surface area contributed by atoms with Crippen LogP contribution in [0.4, 0.5) is 0 Å². The lowest BCUT2D eigenvalue weighted by atomic mass is 10.1. The van der Waals surface area contributed by atoms with Gasteiger partial charge in [0.15, 0.2) is 5.65 Å². The molecule has 224 valence electrons. The van der Waals surface area contributed by atoms with Gasteiger partial charge in [-0.1, -0.05) is 72.8 Å². The fourth-order valence-corrected chi connectivity index (χ4v) is 7.88. The van der Waals surface area contributed by atoms with Gasteiger partial charge in [-0.15, -0.1) is 0 Å². The Morgan fingerprint density at radius 3 is 1.94 bits per heavy atom. The van der Waals surface area contributed by atoms with Crippen molar-refractivity contribution in [1.82, 2.24) is 28.1 Å². The molecule has 5 heterocycles. The molecule has 0 aliphatic heterocycles. The van der Waals surface area contributed by atoms with Crippen LogP contribution in [-0.2, 0) is 0 Å². The summed E-state index contributed by atoms with van der Waals surface area (Å²) in [5, 5.41) is 4.84. The number of rotatable bonds is 3. The third kappa shape index (κ3) is 3.30. The Morgan fingerprint density at radius 2 is 1.08 bits per heavy atom. The maximum absolute atomic E-state index is 5.13. The Kier molecular flexibility index (Phi) is 5.02. The largest absolute Gasteiger partial charge is 0.309 e. The highest BCUT2D eigenvalue weighted by molar-refractivity contribution is 6.15. The predicted octanol–water partition coefficient (Wildman–Crippen LogP) is 10.0. The van der Waals surface area contributed by atoms with Crippen molar-refractivity contribution in [1.29, 1.82) is 0 Å². The Bertz CT molecular complexity index is 3060. The third-order valence-electron chi connectivity index (χ3n) is 9.81. The molecule has 0 bridgehead atoms. The molecule has 6 heteroatoms. The molecular weight excluding hydrogens is 589 g/mol. The van der Waals surface area contributed by atoms with E-state index in [1.54, 1.807) is 0 Å². The molecule has 0 amide bonds. The van der Waals surface area contributed by atoms with E-state index in [0.717, 1.165) is 56.1 Å². The third-order valence-corrected chi connectivity index (χ3v) is 9.81. The molecule has 0 spiro atoms. The van der Waals surface area contributed by atoms with Crippen LogP contribution in [0.3, 0.4) is 0 Å². The molecule has 48 heavy (non-hydrogen) atoms. The van der Waals surface area contributed by atoms with Gasteiger partial charge in [0.2, 0.25) is 5.78 Å². The van der Waals surface area contributed by atoms with Crippen molar-refractivity contribution < 1.29 is 0 Å². The SMILES string of the molecule is c1ccc(-n2c3ccccc3c3cc(-n4c5ccccc5c5c(-n6c7ccccc7n7c8ncccc8nc67)cccc54)ccc32)cc1. The maximum atomic E-state index is 5.13. The number of imidazole rings is 2. The van der Waals surface area contributed by atoms with Crippen LogP contribution in [-0.4, -0.2) is 28.1 Å². The summed E-state index contributed by atoms with van der Waals surface area (Å²) in [6.07, 6.45) is 1.84. The van der Waals surface area contributed by atoms with Gasteiger partial charge in [0.25, 0.3) is 0 Å². The second kappa shape index (κ2) is 9.44. The lowest BCUT2D eigenvalue weighted by Gasteiger charge is -2.11. The van der Waals surface area contributed by atoms with Crippen molar-refractivity contribution in [2.24, 2.45) is 0 Å². The van der Waals surface area contributed by atoms with Crippen LogP contribution < -0.4 is 0 Å². The standard InChI is InChI=1S/C42H26N6/c1-2-12-27(13-3-1)45-33-17-6-4-14-29(33)31-26-28(23-24-35(31)45)46-34-18-7-5-15-30(34)40-38(46)21-10-22-39(40)47-36-19-8-9-20-37(36)48-41-32(44-42(47)48)16-11-25-43-41/h1-26H. The Hall–Kier alpha value is -6.66. The van der Waals surface area contributed by atoms with Crippen LogP contribution in [0.25, 0.3) is 88.6 Å². The van der Waals surface area contributed by atoms with Crippen LogP contribution in [0.2, 0.25) is 0 Å². The maximum Gasteiger partial charge on any atom is 0.221 e. The van der Waals surface area contributed by atoms with Gasteiger partial charge in [-0.25, -0.2) is 9.97 Å². The molecule has 0 unspecified atom stereocenters. The van der Waals surface area contributed by atoms with Crippen LogP contribution >= 0.6 is 0 Å². The summed E-state index contributed by atoms with van der Waals surface area (Å²) in [5.41, 5.74) is 12.0. The molecule has 11 rings (SSSR count). The number of hydrogen-bond donors (Lipinski definition) is 0. The summed E-state index contributed by atoms with van der Waals surface area (Å²) in [6.45, 7) is 0. The van der Waals surface area contributed by atoms with Crippen molar-refractivity contribution >= 4 is 71.6 Å². The second-order valence-corrected chi connectivity index (χ2v) is 12.3. The molecule has 0 aliphatic rings. The number of benzene rings is 6. The minimum Gasteiger partial charge on any atom is -0.309 e. The highest BCUT2D eigenvalue weighted by atomic mass is 15.2. The van der Waals surface area contributed by atoms with Crippen LogP contribution in [0.1, 0.15) is 0 Å². The average molecular weight is 615 g/mol. The summed E-state index contributed by atoms with van der Waals surface area (Å²) in [4.78, 5) is 9.86. The molecule has 5 aromatic heterocycles. The average Bonchev–Trinajstić information content (AvgIpc) is 3.87. The van der Waals surface area contributed by atoms with Crippen molar-refractivity contribution in [2.75, 3.05) is 0 Å². The van der Waals surface area contributed by atoms with E-state index in [1.165, 1.54) is 32.6 Å². The van der Waals surface area contributed by atoms with Crippen LogP contribution in [0, 0.1) is 0 Å². The van der Waals surface area contributed by atoms with Crippen molar-refractivity contribution in [3.05, 3.63) is 158 Å². The minimum absolute atomic E-state index is 0.851. The smallest absolute Gasteiger partial charge is 0.221 e. The molecule has 0 saturated heterocycles. The van der Waals surface area contributed by atoms with E-state index in [0.29, 0.717) is 0 Å². The zero-order valence-corrected chi connectivity index (χ0v) is 25.7. The van der Waals surface area contributed by atoms with Crippen molar-refractivity contribution in [2.45, 2.75) is 0 Å². The topological polar surface area (TPSA) is 45.0 Å². The first-order valence-corrected chi connectivity index (χ1v) is 16.2. The number of aromatic nitrogens is 6. The summed E-state index contributed by atoms with van der Waals surface area (Å²) in [5.74, 6) is 0.851. The number of hydrogen-bond acceptors (Lipinski definition) is 2. The minimum atomic E-state index is 0.851. The zero-order chi connectivity index (χ0) is 31.3. The lowest BCUT2D eigenvalue weighted by Crippen LogP contribution is -1.97. The van der Waals surface area contributed by atoms with Gasteiger partial charge in [0.05, 0.1) is 38.8 Å². The normalized spacial score (nSPS) is 12.2. The van der Waals surface area contributed by atoms with Crippen molar-refractivity contribution in [3.8, 4) is 17.1 Å². The monoisotopic (exact) mass is 614 g/mol. The molecule has 0 atom stereocenters. The Balaban J connectivity index is 1.23. The zero-order valence-electron chi connectivity index (χ0n) is 25.7. The molecule has 0 radical (unpaired) electrons. The van der Waals surface area contributed by atoms with E-state index in [-0.39, 0.29) is 0 Å². The van der Waals surface area contributed by atoms with E-state index in [1.807, 2.05) is 18.3 Å². The highest BCUT2D eigenvalue weighted by Crippen LogP contribution is 2.40. The van der Waals surface area contributed by atoms with Crippen molar-refractivity contribution in [3.63, 3.8) is 0 Å². The van der Waals surface area contributed by atoms with Crippen LogP contribution in [0.15, 0.2) is 158 Å². The van der Waals surface area contributed by atoms with Gasteiger partial charge < -0.3 is 9.13 Å². The van der Waals surface area contributed by atoms with Gasteiger partial charge in [-0.05, 0) is 78.9 Å². The van der Waals surface area contributed by atoms with Crippen LogP contribution in [0.5, 0.6) is 0 Å². The van der Waals surface area contributed by atoms with Gasteiger partial charge in [0.1, 0.15) is 5.52 Å². The first-order valence-electron chi connectivity index (χ1n) is 16.2. The summed E-state index contributed by atoms with van der Waals surface area (Å²) >= 11 is 0. The number of nitrogens with zero attached hydrogens (tertiary/aromatic N) is 6. The molecule has 6 aromatic carbocycles. The first kappa shape index (κ1) is 25.5. The summed E-state index contributed by atoms with van der Waals surface area (Å²) in [7, 11) is 0. The predicted molar refractivity (Wildman–Crippen MR) is 196 cm³/mol. The highest BCUT2D eigenvalue weighted by Gasteiger charge is 2.22. The van der Waals surface area contributed by atoms with E-state index in [4.69, 9.17) is 9.97 Å². The fraction of sp³-hybridized carbons (Fsp3) is 0. The molecule has 6 nitrogen and oxygen atoms in total. The van der Waals surface area contributed by atoms with Gasteiger partial charge >= 0.3 is 0 Å². The van der Waals surface area contributed by atoms with E-state index in [2.05, 4.69) is 158 Å². The first-order chi connectivity index (χ1) is 23.8. The summed E-state index contributed by atoms with van der Waals surface area (Å²) in [6, 6.07) is 54.1. The Labute approximate surface area is 274 Å². The van der Waals surface area contributed by atoms with Gasteiger partial charge in [0, 0.05) is 39.1 Å². The Morgan fingerprint density at radius 1 is 0.417 bits per heavy atom. The molecule has 0 fully saturated rings. The number of pyridine rings is 1. The van der Waals surface area contributed by atoms with Gasteiger partial charge in [-0.2, -0.15) is 0 Å². The molecule has 0 saturated carbocycles. The number of para-hydroxylation sites is 5. The summed E-state index contributed by atoms with van der Waals surface area (Å²) < 4.78 is 9.25. The van der Waals surface area contributed by atoms with Gasteiger partial charge in [-0.3, -0.25) is 8.97 Å². The fourth-order valence-electron chi connectivity index (χ4n) is 7.88. The molecule has 0 N–H and O–H groups in total. The van der Waals surface area contributed by atoms with E-state index < -0.39 is 0 Å². The molecular formula is C42H26N6. The van der Waals surface area contributed by atoms with E-state index >= 15 is 0 Å². The number of fused-ring (bicyclic) bond motifs is 11. The molecule has 0 aliphatic carbocycles. The second-order valence-electron chi connectivity index (χ2n) is 12.3. The quantitative estimate of drug-likeness (QED) is 0.199. The lowest BCUT2D eigenvalue weighted by molar-refractivity contribution is 1.11. The molecule has 11 aromatic rings. The van der Waals surface area contributed by atoms with E-state index in [9.17, 15) is 0 Å².